The average Bonchev–Trinajstić information content (AvgIpc) is 2.65. The van der Waals surface area contributed by atoms with Gasteiger partial charge in [0, 0.05) is 6.54 Å². The van der Waals surface area contributed by atoms with Crippen molar-refractivity contribution in [3.63, 3.8) is 0 Å². The number of hydrogen-bond donors (Lipinski definition) is 2. The SMILES string of the molecule is CCOc1ccc(CC(CNC(=O)COc2ccccc2F)C(=O)O)cc1. The molecule has 6 nitrogen and oxygen atoms in total. The predicted octanol–water partition coefficient (Wildman–Crippen LogP) is 2.66. The molecule has 0 spiro atoms. The zero-order valence-electron chi connectivity index (χ0n) is 15.0. The van der Waals surface area contributed by atoms with E-state index in [-0.39, 0.29) is 18.7 Å². The summed E-state index contributed by atoms with van der Waals surface area (Å²) in [7, 11) is 0. The third kappa shape index (κ3) is 6.62. The maximum Gasteiger partial charge on any atom is 0.308 e. The lowest BCUT2D eigenvalue weighted by Crippen LogP contribution is -2.36. The fourth-order valence-electron chi connectivity index (χ4n) is 2.41. The van der Waals surface area contributed by atoms with Gasteiger partial charge in [-0.2, -0.15) is 0 Å². The van der Waals surface area contributed by atoms with E-state index in [9.17, 15) is 19.1 Å². The first kappa shape index (κ1) is 20.2. The first-order valence-electron chi connectivity index (χ1n) is 8.58. The van der Waals surface area contributed by atoms with E-state index in [1.54, 1.807) is 30.3 Å². The summed E-state index contributed by atoms with van der Waals surface area (Å²) in [6.45, 7) is 1.99. The van der Waals surface area contributed by atoms with Gasteiger partial charge < -0.3 is 19.9 Å². The Hall–Kier alpha value is -3.09. The number of carboxylic acid groups (broad SMARTS) is 1. The fraction of sp³-hybridized carbons (Fsp3) is 0.300. The van der Waals surface area contributed by atoms with Crippen molar-refractivity contribution in [2.24, 2.45) is 5.92 Å². The third-order valence-corrected chi connectivity index (χ3v) is 3.81. The minimum absolute atomic E-state index is 0.0307. The van der Waals surface area contributed by atoms with Crippen LogP contribution in [0, 0.1) is 11.7 Å². The highest BCUT2D eigenvalue weighted by atomic mass is 19.1. The Morgan fingerprint density at radius 1 is 1.11 bits per heavy atom. The molecule has 144 valence electrons. The van der Waals surface area contributed by atoms with Gasteiger partial charge in [0.05, 0.1) is 12.5 Å². The van der Waals surface area contributed by atoms with Gasteiger partial charge in [0.15, 0.2) is 18.2 Å². The lowest BCUT2D eigenvalue weighted by Gasteiger charge is -2.14. The molecule has 2 aromatic rings. The van der Waals surface area contributed by atoms with Gasteiger partial charge in [0.2, 0.25) is 0 Å². The van der Waals surface area contributed by atoms with Crippen molar-refractivity contribution in [2.45, 2.75) is 13.3 Å². The predicted molar refractivity (Wildman–Crippen MR) is 97.3 cm³/mol. The summed E-state index contributed by atoms with van der Waals surface area (Å²) in [5.74, 6) is -2.21. The van der Waals surface area contributed by atoms with Crippen LogP contribution in [0.25, 0.3) is 0 Å². The maximum absolute atomic E-state index is 13.4. The van der Waals surface area contributed by atoms with Crippen molar-refractivity contribution in [3.05, 3.63) is 59.9 Å². The Morgan fingerprint density at radius 2 is 1.81 bits per heavy atom. The van der Waals surface area contributed by atoms with Crippen LogP contribution in [-0.4, -0.2) is 36.7 Å². The van der Waals surface area contributed by atoms with Crippen molar-refractivity contribution in [1.29, 1.82) is 0 Å². The van der Waals surface area contributed by atoms with E-state index in [2.05, 4.69) is 5.32 Å². The van der Waals surface area contributed by atoms with Crippen molar-refractivity contribution in [1.82, 2.24) is 5.32 Å². The van der Waals surface area contributed by atoms with Crippen LogP contribution in [-0.2, 0) is 16.0 Å². The van der Waals surface area contributed by atoms with Gasteiger partial charge in [-0.15, -0.1) is 0 Å². The fourth-order valence-corrected chi connectivity index (χ4v) is 2.41. The number of benzene rings is 2. The van der Waals surface area contributed by atoms with E-state index in [0.29, 0.717) is 12.4 Å². The summed E-state index contributed by atoms with van der Waals surface area (Å²) >= 11 is 0. The van der Waals surface area contributed by atoms with Crippen LogP contribution in [0.5, 0.6) is 11.5 Å². The zero-order chi connectivity index (χ0) is 19.6. The minimum atomic E-state index is -1.01. The number of rotatable bonds is 10. The number of carbonyl (C=O) groups is 2. The van der Waals surface area contributed by atoms with Crippen LogP contribution in [0.2, 0.25) is 0 Å². The van der Waals surface area contributed by atoms with Crippen molar-refractivity contribution in [3.8, 4) is 11.5 Å². The summed E-state index contributed by atoms with van der Waals surface area (Å²) < 4.78 is 23.9. The summed E-state index contributed by atoms with van der Waals surface area (Å²) in [5, 5.41) is 11.9. The van der Waals surface area contributed by atoms with Crippen LogP contribution in [0.3, 0.4) is 0 Å². The molecular weight excluding hydrogens is 353 g/mol. The van der Waals surface area contributed by atoms with Crippen LogP contribution < -0.4 is 14.8 Å². The highest BCUT2D eigenvalue weighted by Crippen LogP contribution is 2.16. The molecule has 0 saturated carbocycles. The van der Waals surface area contributed by atoms with Crippen LogP contribution >= 0.6 is 0 Å². The normalized spacial score (nSPS) is 11.5. The molecule has 0 aliphatic rings. The number of aliphatic carboxylic acids is 1. The Morgan fingerprint density at radius 3 is 2.44 bits per heavy atom. The summed E-state index contributed by atoms with van der Waals surface area (Å²) in [4.78, 5) is 23.3. The summed E-state index contributed by atoms with van der Waals surface area (Å²) in [6, 6.07) is 12.9. The Balaban J connectivity index is 1.83. The van der Waals surface area contributed by atoms with Gasteiger partial charge in [-0.25, -0.2) is 4.39 Å². The van der Waals surface area contributed by atoms with E-state index in [0.717, 1.165) is 5.56 Å². The number of halogens is 1. The van der Waals surface area contributed by atoms with E-state index in [1.165, 1.54) is 18.2 Å². The van der Waals surface area contributed by atoms with Crippen molar-refractivity contribution in [2.75, 3.05) is 19.8 Å². The Labute approximate surface area is 156 Å². The second-order valence-corrected chi connectivity index (χ2v) is 5.84. The number of carbonyl (C=O) groups excluding carboxylic acids is 1. The average molecular weight is 375 g/mol. The van der Waals surface area contributed by atoms with Crippen molar-refractivity contribution < 1.29 is 28.6 Å². The quantitative estimate of drug-likeness (QED) is 0.667. The Bertz CT molecular complexity index is 763. The van der Waals surface area contributed by atoms with Gasteiger partial charge in [-0.1, -0.05) is 24.3 Å². The van der Waals surface area contributed by atoms with Crippen LogP contribution in [0.1, 0.15) is 12.5 Å². The van der Waals surface area contributed by atoms with Crippen LogP contribution in [0.4, 0.5) is 4.39 Å². The third-order valence-electron chi connectivity index (χ3n) is 3.81. The molecule has 2 rings (SSSR count). The monoisotopic (exact) mass is 375 g/mol. The van der Waals surface area contributed by atoms with E-state index < -0.39 is 30.2 Å². The molecule has 7 heteroatoms. The van der Waals surface area contributed by atoms with Crippen LogP contribution in [0.15, 0.2) is 48.5 Å². The number of carboxylic acids is 1. The standard InChI is InChI=1S/C20H22FNO5/c1-2-26-16-9-7-14(8-10-16)11-15(20(24)25)12-22-19(23)13-27-18-6-4-3-5-17(18)21/h3-10,15H,2,11-13H2,1H3,(H,22,23)(H,24,25). The molecule has 0 aliphatic carbocycles. The summed E-state index contributed by atoms with van der Waals surface area (Å²) in [6.07, 6.45) is 0.260. The van der Waals surface area contributed by atoms with Gasteiger partial charge >= 0.3 is 5.97 Å². The largest absolute Gasteiger partial charge is 0.494 e. The molecule has 0 heterocycles. The molecule has 0 aliphatic heterocycles. The molecule has 0 fully saturated rings. The molecule has 2 N–H and O–H groups in total. The number of ether oxygens (including phenoxy) is 2. The highest BCUT2D eigenvalue weighted by Gasteiger charge is 2.19. The van der Waals surface area contributed by atoms with E-state index in [1.807, 2.05) is 6.92 Å². The molecule has 1 atom stereocenters. The molecule has 1 unspecified atom stereocenters. The molecule has 0 aromatic heterocycles. The molecule has 1 amide bonds. The molecule has 27 heavy (non-hydrogen) atoms. The maximum atomic E-state index is 13.4. The molecule has 0 bridgehead atoms. The summed E-state index contributed by atoms with van der Waals surface area (Å²) in [5.41, 5.74) is 0.822. The van der Waals surface area contributed by atoms with Gasteiger partial charge in [0.25, 0.3) is 5.91 Å². The molecular formula is C20H22FNO5. The number of hydrogen-bond acceptors (Lipinski definition) is 4. The second kappa shape index (κ2) is 10.2. The lowest BCUT2D eigenvalue weighted by atomic mass is 9.99. The number of para-hydroxylation sites is 1. The van der Waals surface area contributed by atoms with Crippen molar-refractivity contribution >= 4 is 11.9 Å². The van der Waals surface area contributed by atoms with Gasteiger partial charge in [-0.05, 0) is 43.2 Å². The lowest BCUT2D eigenvalue weighted by molar-refractivity contribution is -0.141. The number of nitrogens with one attached hydrogen (secondary N) is 1. The van der Waals surface area contributed by atoms with E-state index in [4.69, 9.17) is 9.47 Å². The zero-order valence-corrected chi connectivity index (χ0v) is 15.0. The first-order valence-corrected chi connectivity index (χ1v) is 8.58. The smallest absolute Gasteiger partial charge is 0.308 e. The minimum Gasteiger partial charge on any atom is -0.494 e. The van der Waals surface area contributed by atoms with Gasteiger partial charge in [-0.3, -0.25) is 9.59 Å². The first-order chi connectivity index (χ1) is 13.0. The topological polar surface area (TPSA) is 84.9 Å². The Kier molecular flexibility index (Phi) is 7.61. The van der Waals surface area contributed by atoms with Gasteiger partial charge in [0.1, 0.15) is 5.75 Å². The van der Waals surface area contributed by atoms with E-state index >= 15 is 0 Å². The highest BCUT2D eigenvalue weighted by molar-refractivity contribution is 5.78. The second-order valence-electron chi connectivity index (χ2n) is 5.84. The molecule has 2 aromatic carbocycles. The molecule has 0 saturated heterocycles. The molecule has 0 radical (unpaired) electrons. The number of amides is 1.